The van der Waals surface area contributed by atoms with Crippen LogP contribution in [0.2, 0.25) is 0 Å². The molecule has 1 aromatic carbocycles. The first-order valence-electron chi connectivity index (χ1n) is 9.53. The fraction of sp³-hybridized carbons (Fsp3) is 0.190. The summed E-state index contributed by atoms with van der Waals surface area (Å²) < 4.78 is 4.27. The van der Waals surface area contributed by atoms with E-state index in [1.165, 1.54) is 5.56 Å². The Morgan fingerprint density at radius 1 is 1.00 bits per heavy atom. The number of H-pyrrole nitrogens is 1. The lowest BCUT2D eigenvalue weighted by atomic mass is 10.1. The first-order chi connectivity index (χ1) is 14.2. The van der Waals surface area contributed by atoms with Crippen molar-refractivity contribution in [2.75, 3.05) is 0 Å². The minimum Gasteiger partial charge on any atom is -0.347 e. The molecule has 0 spiro atoms. The maximum absolute atomic E-state index is 4.51. The van der Waals surface area contributed by atoms with E-state index < -0.39 is 0 Å². The van der Waals surface area contributed by atoms with Crippen LogP contribution in [0.1, 0.15) is 18.1 Å². The summed E-state index contributed by atoms with van der Waals surface area (Å²) in [4.78, 5) is 9.00. The number of aryl methyl sites for hydroxylation is 2. The fourth-order valence-corrected chi connectivity index (χ4v) is 3.68. The van der Waals surface area contributed by atoms with E-state index in [0.29, 0.717) is 5.82 Å². The van der Waals surface area contributed by atoms with Crippen LogP contribution in [0.5, 0.6) is 0 Å². The third kappa shape index (κ3) is 2.98. The number of hydrogen-bond acceptors (Lipinski definition) is 5. The molecule has 0 bridgehead atoms. The molecule has 0 fully saturated rings. The van der Waals surface area contributed by atoms with Crippen LogP contribution in [0.3, 0.4) is 0 Å². The van der Waals surface area contributed by atoms with Crippen molar-refractivity contribution in [3.8, 4) is 22.6 Å². The predicted molar refractivity (Wildman–Crippen MR) is 110 cm³/mol. The van der Waals surface area contributed by atoms with Crippen LogP contribution in [0.25, 0.3) is 33.8 Å². The molecule has 144 valence electrons. The zero-order valence-corrected chi connectivity index (χ0v) is 16.2. The average molecular weight is 384 g/mol. The molecule has 0 aliphatic carbocycles. The normalized spacial score (nSPS) is 11.4. The number of nitrogens with zero attached hydrogens (tertiary/aromatic N) is 7. The number of benzene rings is 1. The van der Waals surface area contributed by atoms with Crippen LogP contribution in [0.4, 0.5) is 0 Å². The van der Waals surface area contributed by atoms with Crippen molar-refractivity contribution < 1.29 is 0 Å². The smallest absolute Gasteiger partial charge is 0.206 e. The van der Waals surface area contributed by atoms with E-state index in [1.54, 1.807) is 0 Å². The maximum atomic E-state index is 4.51. The molecule has 0 atom stereocenters. The molecular weight excluding hydrogens is 364 g/mol. The Balaban J connectivity index is 1.48. The number of fused-ring (bicyclic) bond motifs is 1. The Kier molecular flexibility index (Phi) is 4.16. The van der Waals surface area contributed by atoms with Crippen molar-refractivity contribution in [3.63, 3.8) is 0 Å². The summed E-state index contributed by atoms with van der Waals surface area (Å²) in [6, 6.07) is 12.6. The maximum Gasteiger partial charge on any atom is 0.206 e. The number of aromatic amines is 1. The van der Waals surface area contributed by atoms with E-state index in [4.69, 9.17) is 0 Å². The van der Waals surface area contributed by atoms with Crippen LogP contribution in [-0.2, 0) is 13.1 Å². The minimum atomic E-state index is 0.600. The lowest BCUT2D eigenvalue weighted by Crippen LogP contribution is -2.00. The highest BCUT2D eigenvalue weighted by atomic mass is 15.5. The van der Waals surface area contributed by atoms with Gasteiger partial charge in [0.1, 0.15) is 5.52 Å². The molecule has 0 saturated heterocycles. The van der Waals surface area contributed by atoms with E-state index in [0.717, 1.165) is 46.6 Å². The van der Waals surface area contributed by atoms with Gasteiger partial charge in [-0.2, -0.15) is 5.21 Å². The highest BCUT2D eigenvalue weighted by Gasteiger charge is 2.16. The van der Waals surface area contributed by atoms with Crippen LogP contribution >= 0.6 is 0 Å². The summed E-state index contributed by atoms with van der Waals surface area (Å²) in [6.45, 7) is 5.76. The number of imidazole rings is 1. The van der Waals surface area contributed by atoms with Crippen LogP contribution in [0.15, 0.2) is 55.1 Å². The van der Waals surface area contributed by atoms with Crippen molar-refractivity contribution in [1.29, 1.82) is 0 Å². The minimum absolute atomic E-state index is 0.600. The molecule has 0 amide bonds. The van der Waals surface area contributed by atoms with E-state index in [2.05, 4.69) is 84.0 Å². The third-order valence-electron chi connectivity index (χ3n) is 5.18. The van der Waals surface area contributed by atoms with E-state index >= 15 is 0 Å². The quantitative estimate of drug-likeness (QED) is 0.501. The Morgan fingerprint density at radius 2 is 1.86 bits per heavy atom. The van der Waals surface area contributed by atoms with Gasteiger partial charge in [-0.15, -0.1) is 10.2 Å². The zero-order valence-electron chi connectivity index (χ0n) is 16.2. The second-order valence-corrected chi connectivity index (χ2v) is 6.97. The molecule has 0 unspecified atom stereocenters. The number of pyridine rings is 1. The van der Waals surface area contributed by atoms with E-state index in [9.17, 15) is 0 Å². The molecule has 0 aliphatic rings. The van der Waals surface area contributed by atoms with Gasteiger partial charge in [0.2, 0.25) is 5.82 Å². The second-order valence-electron chi connectivity index (χ2n) is 6.97. The number of hydrogen-bond donors (Lipinski definition) is 1. The van der Waals surface area contributed by atoms with Gasteiger partial charge in [0.25, 0.3) is 0 Å². The number of nitrogens with one attached hydrogen (secondary N) is 1. The summed E-state index contributed by atoms with van der Waals surface area (Å²) in [7, 11) is 0. The lowest BCUT2D eigenvalue weighted by Gasteiger charge is -2.10. The fourth-order valence-electron chi connectivity index (χ4n) is 3.68. The molecular formula is C21H20N8. The van der Waals surface area contributed by atoms with Crippen molar-refractivity contribution in [1.82, 2.24) is 39.7 Å². The van der Waals surface area contributed by atoms with Gasteiger partial charge in [0, 0.05) is 24.5 Å². The monoisotopic (exact) mass is 384 g/mol. The molecule has 1 N–H and O–H groups in total. The molecule has 0 saturated carbocycles. The van der Waals surface area contributed by atoms with Crippen LogP contribution < -0.4 is 0 Å². The topological polar surface area (TPSA) is 90.1 Å². The number of aromatic nitrogens is 8. The van der Waals surface area contributed by atoms with Gasteiger partial charge in [-0.1, -0.05) is 24.3 Å². The second kappa shape index (κ2) is 6.97. The summed E-state index contributed by atoms with van der Waals surface area (Å²) in [6.07, 6.45) is 5.74. The first kappa shape index (κ1) is 17.3. The summed E-state index contributed by atoms with van der Waals surface area (Å²) in [5.74, 6) is 0.600. The molecule has 4 aromatic heterocycles. The van der Waals surface area contributed by atoms with Crippen LogP contribution in [0, 0.1) is 6.92 Å². The average Bonchev–Trinajstić information content (AvgIpc) is 3.48. The standard InChI is InChI=1S/C21H20N8/c1-3-28-11-9-17(20-24-26-27-25-20)19(28)16-6-4-15(5-7-16)12-29-13-23-18-14(2)8-10-22-21(18)29/h4-11,13H,3,12H2,1-2H3,(H,24,25,26,27). The van der Waals surface area contributed by atoms with Gasteiger partial charge in [-0.3, -0.25) is 0 Å². The first-order valence-corrected chi connectivity index (χ1v) is 9.53. The SMILES string of the molecule is CCn1ccc(-c2nn[nH]n2)c1-c1ccc(Cn2cnc3c(C)ccnc32)cc1. The Hall–Kier alpha value is -3.81. The van der Waals surface area contributed by atoms with Gasteiger partial charge < -0.3 is 9.13 Å². The van der Waals surface area contributed by atoms with E-state index in [-0.39, 0.29) is 0 Å². The van der Waals surface area contributed by atoms with Gasteiger partial charge in [-0.05, 0) is 47.9 Å². The Labute approximate surface area is 167 Å². The highest BCUT2D eigenvalue weighted by Crippen LogP contribution is 2.31. The molecule has 8 heteroatoms. The highest BCUT2D eigenvalue weighted by molar-refractivity contribution is 5.78. The third-order valence-corrected chi connectivity index (χ3v) is 5.18. The lowest BCUT2D eigenvalue weighted by molar-refractivity contribution is 0.777. The van der Waals surface area contributed by atoms with Crippen molar-refractivity contribution in [3.05, 3.63) is 66.2 Å². The molecule has 4 heterocycles. The Bertz CT molecular complexity index is 1260. The Morgan fingerprint density at radius 3 is 2.62 bits per heavy atom. The molecule has 0 radical (unpaired) electrons. The molecule has 8 nitrogen and oxygen atoms in total. The number of tetrazole rings is 1. The van der Waals surface area contributed by atoms with Crippen molar-refractivity contribution in [2.45, 2.75) is 26.9 Å². The van der Waals surface area contributed by atoms with Gasteiger partial charge in [-0.25, -0.2) is 9.97 Å². The molecule has 5 rings (SSSR count). The predicted octanol–water partition coefficient (Wildman–Crippen LogP) is 3.46. The van der Waals surface area contributed by atoms with Gasteiger partial charge in [0.05, 0.1) is 18.6 Å². The summed E-state index contributed by atoms with van der Waals surface area (Å²) >= 11 is 0. The molecule has 0 aliphatic heterocycles. The van der Waals surface area contributed by atoms with Gasteiger partial charge in [0.15, 0.2) is 5.65 Å². The largest absolute Gasteiger partial charge is 0.347 e. The molecule has 29 heavy (non-hydrogen) atoms. The summed E-state index contributed by atoms with van der Waals surface area (Å²) in [5, 5.41) is 14.5. The zero-order chi connectivity index (χ0) is 19.8. The van der Waals surface area contributed by atoms with Crippen LogP contribution in [-0.4, -0.2) is 39.7 Å². The number of rotatable bonds is 5. The van der Waals surface area contributed by atoms with Crippen molar-refractivity contribution >= 4 is 11.2 Å². The van der Waals surface area contributed by atoms with Gasteiger partial charge >= 0.3 is 0 Å². The van der Waals surface area contributed by atoms with E-state index in [1.807, 2.05) is 24.7 Å². The molecule has 5 aromatic rings. The van der Waals surface area contributed by atoms with Crippen molar-refractivity contribution in [2.24, 2.45) is 0 Å². The summed E-state index contributed by atoms with van der Waals surface area (Å²) in [5.41, 5.74) is 7.36.